The number of fused-ring (bicyclic) bond motifs is 1. The summed E-state index contributed by atoms with van der Waals surface area (Å²) in [5.41, 5.74) is 2.51. The second kappa shape index (κ2) is 12.4. The summed E-state index contributed by atoms with van der Waals surface area (Å²) in [4.78, 5) is 12.7. The summed E-state index contributed by atoms with van der Waals surface area (Å²) in [6.07, 6.45) is 1.52. The summed E-state index contributed by atoms with van der Waals surface area (Å²) in [7, 11) is 0. The molecule has 37 heavy (non-hydrogen) atoms. The van der Waals surface area contributed by atoms with E-state index in [9.17, 15) is 10.1 Å². The fourth-order valence-electron chi connectivity index (χ4n) is 3.67. The number of nitrogens with one attached hydrogen (secondary N) is 1. The molecule has 4 rings (SSSR count). The van der Waals surface area contributed by atoms with Gasteiger partial charge in [0.05, 0.1) is 6.61 Å². The van der Waals surface area contributed by atoms with Crippen LogP contribution in [0.3, 0.4) is 0 Å². The van der Waals surface area contributed by atoms with E-state index >= 15 is 0 Å². The van der Waals surface area contributed by atoms with Gasteiger partial charge in [0.25, 0.3) is 5.91 Å². The number of para-hydroxylation sites is 1. The molecule has 0 saturated heterocycles. The molecule has 0 aliphatic carbocycles. The van der Waals surface area contributed by atoms with Crippen molar-refractivity contribution in [3.05, 3.63) is 82.9 Å². The molecule has 0 atom stereocenters. The molecule has 0 bridgehead atoms. The van der Waals surface area contributed by atoms with Gasteiger partial charge < -0.3 is 29.0 Å². The lowest BCUT2D eigenvalue weighted by Gasteiger charge is -2.14. The molecule has 1 N–H and O–H groups in total. The van der Waals surface area contributed by atoms with E-state index in [1.807, 2.05) is 50.2 Å². The fourth-order valence-corrected chi connectivity index (χ4v) is 3.67. The van der Waals surface area contributed by atoms with Gasteiger partial charge in [-0.25, -0.2) is 0 Å². The highest BCUT2D eigenvalue weighted by atomic mass is 16.7. The van der Waals surface area contributed by atoms with Gasteiger partial charge in [0.1, 0.15) is 30.6 Å². The number of hydrogen-bond donors (Lipinski definition) is 1. The molecule has 0 fully saturated rings. The maximum atomic E-state index is 12.7. The van der Waals surface area contributed by atoms with Crippen LogP contribution in [0.25, 0.3) is 6.08 Å². The highest BCUT2D eigenvalue weighted by Crippen LogP contribution is 2.32. The van der Waals surface area contributed by atoms with E-state index in [0.29, 0.717) is 48.4 Å². The zero-order valence-corrected chi connectivity index (χ0v) is 20.8. The van der Waals surface area contributed by atoms with Crippen molar-refractivity contribution in [2.45, 2.75) is 20.4 Å². The molecule has 8 nitrogen and oxygen atoms in total. The molecule has 1 aliphatic heterocycles. The zero-order valence-electron chi connectivity index (χ0n) is 20.8. The Morgan fingerprint density at radius 3 is 2.54 bits per heavy atom. The van der Waals surface area contributed by atoms with Crippen molar-refractivity contribution in [1.29, 1.82) is 5.26 Å². The molecule has 3 aromatic rings. The van der Waals surface area contributed by atoms with Gasteiger partial charge in [0.2, 0.25) is 6.79 Å². The molecule has 0 unspecified atom stereocenters. The number of amides is 1. The Labute approximate surface area is 216 Å². The quantitative estimate of drug-likeness (QED) is 0.229. The van der Waals surface area contributed by atoms with Crippen molar-refractivity contribution < 1.29 is 28.5 Å². The molecule has 0 aromatic heterocycles. The fraction of sp³-hybridized carbons (Fsp3) is 0.241. The first-order valence-electron chi connectivity index (χ1n) is 11.9. The molecule has 3 aromatic carbocycles. The number of nitriles is 1. The van der Waals surface area contributed by atoms with Gasteiger partial charge in [0, 0.05) is 6.54 Å². The number of aryl methyl sites for hydroxylation is 1. The van der Waals surface area contributed by atoms with Crippen LogP contribution in [0.1, 0.15) is 23.6 Å². The molecule has 0 spiro atoms. The number of hydrogen-bond acceptors (Lipinski definition) is 7. The van der Waals surface area contributed by atoms with Gasteiger partial charge >= 0.3 is 0 Å². The normalized spacial score (nSPS) is 12.0. The van der Waals surface area contributed by atoms with Gasteiger partial charge in [-0.05, 0) is 66.9 Å². The van der Waals surface area contributed by atoms with Crippen molar-refractivity contribution in [3.8, 4) is 34.8 Å². The van der Waals surface area contributed by atoms with Crippen LogP contribution in [0.4, 0.5) is 0 Å². The van der Waals surface area contributed by atoms with Gasteiger partial charge in [-0.2, -0.15) is 5.26 Å². The number of ether oxygens (including phenoxy) is 5. The minimum Gasteiger partial charge on any atom is -0.490 e. The lowest BCUT2D eigenvalue weighted by atomic mass is 10.1. The largest absolute Gasteiger partial charge is 0.490 e. The van der Waals surface area contributed by atoms with Crippen LogP contribution in [0.5, 0.6) is 28.7 Å². The van der Waals surface area contributed by atoms with Crippen LogP contribution in [0.15, 0.2) is 66.2 Å². The maximum Gasteiger partial charge on any atom is 0.262 e. The van der Waals surface area contributed by atoms with Gasteiger partial charge in [-0.15, -0.1) is 0 Å². The third-order valence-electron chi connectivity index (χ3n) is 5.53. The molecular formula is C29H28N2O6. The van der Waals surface area contributed by atoms with Crippen molar-refractivity contribution in [2.24, 2.45) is 0 Å². The van der Waals surface area contributed by atoms with E-state index in [0.717, 1.165) is 16.9 Å². The number of carbonyl (C=O) groups is 1. The van der Waals surface area contributed by atoms with E-state index in [1.165, 1.54) is 6.08 Å². The van der Waals surface area contributed by atoms with E-state index in [4.69, 9.17) is 23.7 Å². The monoisotopic (exact) mass is 500 g/mol. The lowest BCUT2D eigenvalue weighted by molar-refractivity contribution is -0.117. The molecule has 0 saturated carbocycles. The summed E-state index contributed by atoms with van der Waals surface area (Å²) in [5.74, 6) is 2.71. The molecule has 1 aliphatic rings. The Kier molecular flexibility index (Phi) is 8.50. The topological polar surface area (TPSA) is 99.0 Å². The van der Waals surface area contributed by atoms with Crippen LogP contribution in [-0.2, 0) is 11.3 Å². The Balaban J connectivity index is 1.37. The first-order valence-corrected chi connectivity index (χ1v) is 11.9. The predicted octanol–water partition coefficient (Wildman–Crippen LogP) is 4.80. The van der Waals surface area contributed by atoms with Gasteiger partial charge in [-0.3, -0.25) is 4.79 Å². The SMILES string of the molecule is CCOc1cc(/C=C(\C#N)C(=O)NCc2ccc3c(c2)OCO3)ccc1OCCOc1ccccc1C. The molecule has 8 heteroatoms. The Morgan fingerprint density at radius 2 is 1.76 bits per heavy atom. The highest BCUT2D eigenvalue weighted by Gasteiger charge is 2.15. The van der Waals surface area contributed by atoms with E-state index < -0.39 is 5.91 Å². The summed E-state index contributed by atoms with van der Waals surface area (Å²) in [6.45, 7) is 5.43. The first-order chi connectivity index (χ1) is 18.1. The van der Waals surface area contributed by atoms with Crippen LogP contribution in [-0.4, -0.2) is 32.5 Å². The van der Waals surface area contributed by atoms with Crippen molar-refractivity contribution in [3.63, 3.8) is 0 Å². The number of rotatable bonds is 11. The summed E-state index contributed by atoms with van der Waals surface area (Å²) < 4.78 is 28.0. The van der Waals surface area contributed by atoms with Crippen LogP contribution >= 0.6 is 0 Å². The summed E-state index contributed by atoms with van der Waals surface area (Å²) in [5, 5.41) is 12.3. The molecule has 1 amide bonds. The van der Waals surface area contributed by atoms with Gasteiger partial charge in [-0.1, -0.05) is 30.3 Å². The van der Waals surface area contributed by atoms with Crippen LogP contribution in [0, 0.1) is 18.3 Å². The van der Waals surface area contributed by atoms with Crippen molar-refractivity contribution in [1.82, 2.24) is 5.32 Å². The molecule has 1 heterocycles. The minimum absolute atomic E-state index is 0.0245. The number of carbonyl (C=O) groups excluding carboxylic acids is 1. The standard InChI is InChI=1S/C29H28N2O6/c1-3-33-27-15-21(8-10-25(27)35-13-12-34-24-7-5-4-6-20(24)2)14-23(17-30)29(32)31-18-22-9-11-26-28(16-22)37-19-36-26/h4-11,14-16H,3,12-13,18-19H2,1-2H3,(H,31,32)/b23-14+. The average molecular weight is 501 g/mol. The second-order valence-corrected chi connectivity index (χ2v) is 8.14. The Hall–Kier alpha value is -4.64. The Bertz CT molecular complexity index is 1330. The summed E-state index contributed by atoms with van der Waals surface area (Å²) >= 11 is 0. The van der Waals surface area contributed by atoms with E-state index in [1.54, 1.807) is 30.3 Å². The first kappa shape index (κ1) is 25.5. The molecular weight excluding hydrogens is 472 g/mol. The zero-order chi connectivity index (χ0) is 26.0. The maximum absolute atomic E-state index is 12.7. The van der Waals surface area contributed by atoms with E-state index in [-0.39, 0.29) is 18.9 Å². The molecule has 190 valence electrons. The highest BCUT2D eigenvalue weighted by molar-refractivity contribution is 6.01. The third kappa shape index (κ3) is 6.73. The smallest absolute Gasteiger partial charge is 0.262 e. The molecule has 0 radical (unpaired) electrons. The summed E-state index contributed by atoms with van der Waals surface area (Å²) in [6, 6.07) is 20.5. The van der Waals surface area contributed by atoms with E-state index in [2.05, 4.69) is 5.32 Å². The average Bonchev–Trinajstić information content (AvgIpc) is 3.38. The number of benzene rings is 3. The van der Waals surface area contributed by atoms with Crippen LogP contribution < -0.4 is 29.0 Å². The second-order valence-electron chi connectivity index (χ2n) is 8.14. The third-order valence-corrected chi connectivity index (χ3v) is 5.53. The number of nitrogens with zero attached hydrogens (tertiary/aromatic N) is 1. The lowest BCUT2D eigenvalue weighted by Crippen LogP contribution is -2.23. The van der Waals surface area contributed by atoms with Crippen molar-refractivity contribution in [2.75, 3.05) is 26.6 Å². The van der Waals surface area contributed by atoms with Crippen molar-refractivity contribution >= 4 is 12.0 Å². The van der Waals surface area contributed by atoms with Gasteiger partial charge in [0.15, 0.2) is 23.0 Å². The Morgan fingerprint density at radius 1 is 0.973 bits per heavy atom. The predicted molar refractivity (Wildman–Crippen MR) is 138 cm³/mol. The minimum atomic E-state index is -0.480. The van der Waals surface area contributed by atoms with Crippen LogP contribution in [0.2, 0.25) is 0 Å².